The monoisotopic (exact) mass is 323 g/mol. The van der Waals surface area contributed by atoms with E-state index >= 15 is 0 Å². The number of aryl methyl sites for hydroxylation is 1. The average Bonchev–Trinajstić information content (AvgIpc) is 2.87. The Balaban J connectivity index is 1.79. The molecule has 0 spiro atoms. The first-order valence-electron chi connectivity index (χ1n) is 7.13. The van der Waals surface area contributed by atoms with Crippen LogP contribution in [0.1, 0.15) is 16.7 Å². The zero-order chi connectivity index (χ0) is 16.2. The molecule has 114 valence electrons. The van der Waals surface area contributed by atoms with E-state index in [0.29, 0.717) is 5.02 Å². The molecular weight excluding hydrogens is 310 g/mol. The Hall–Kier alpha value is -2.65. The summed E-state index contributed by atoms with van der Waals surface area (Å²) in [7, 11) is 0. The third kappa shape index (κ3) is 3.96. The Morgan fingerprint density at radius 1 is 1.04 bits per heavy atom. The number of ether oxygens (including phenoxy) is 1. The molecule has 0 aromatic heterocycles. The SMILES string of the molecule is Cc1ccc(/C=C/C2=NC(=Cc3cccc(Cl)c3)C(=O)O2)cc1. The number of rotatable bonds is 3. The van der Waals surface area contributed by atoms with E-state index < -0.39 is 5.97 Å². The number of nitrogens with zero attached hydrogens (tertiary/aromatic N) is 1. The summed E-state index contributed by atoms with van der Waals surface area (Å²) in [6.07, 6.45) is 5.19. The molecule has 0 saturated carbocycles. The molecule has 4 heteroatoms. The van der Waals surface area contributed by atoms with Gasteiger partial charge in [0.05, 0.1) is 0 Å². The summed E-state index contributed by atoms with van der Waals surface area (Å²) in [5, 5.41) is 0.606. The second-order valence-electron chi connectivity index (χ2n) is 5.17. The number of cyclic esters (lactones) is 1. The smallest absolute Gasteiger partial charge is 0.363 e. The maximum Gasteiger partial charge on any atom is 0.363 e. The van der Waals surface area contributed by atoms with E-state index in [0.717, 1.165) is 11.1 Å². The second-order valence-corrected chi connectivity index (χ2v) is 5.60. The molecule has 1 aliphatic heterocycles. The van der Waals surface area contributed by atoms with Crippen molar-refractivity contribution in [1.29, 1.82) is 0 Å². The van der Waals surface area contributed by atoms with Crippen LogP contribution in [-0.2, 0) is 9.53 Å². The number of esters is 1. The van der Waals surface area contributed by atoms with Crippen LogP contribution >= 0.6 is 11.6 Å². The van der Waals surface area contributed by atoms with Gasteiger partial charge in [0, 0.05) is 11.1 Å². The lowest BCUT2D eigenvalue weighted by molar-refractivity contribution is -0.129. The standard InChI is InChI=1S/C19H14ClNO2/c1-13-5-7-14(8-6-13)9-10-18-21-17(19(22)23-18)12-15-3-2-4-16(20)11-15/h2-12H,1H3/b10-9+,17-12?. The molecule has 23 heavy (non-hydrogen) atoms. The number of halogens is 1. The summed E-state index contributed by atoms with van der Waals surface area (Å²) in [5.41, 5.74) is 3.27. The van der Waals surface area contributed by atoms with Gasteiger partial charge in [-0.05, 0) is 42.3 Å². The van der Waals surface area contributed by atoms with Gasteiger partial charge in [0.15, 0.2) is 5.70 Å². The van der Waals surface area contributed by atoms with Gasteiger partial charge in [0.1, 0.15) is 0 Å². The minimum Gasteiger partial charge on any atom is -0.403 e. The summed E-state index contributed by atoms with van der Waals surface area (Å²) in [6.45, 7) is 2.03. The molecule has 0 unspecified atom stereocenters. The van der Waals surface area contributed by atoms with Gasteiger partial charge < -0.3 is 4.74 Å². The quantitative estimate of drug-likeness (QED) is 0.608. The molecule has 0 atom stereocenters. The molecule has 0 bridgehead atoms. The molecule has 3 nitrogen and oxygen atoms in total. The first-order chi connectivity index (χ1) is 11.1. The lowest BCUT2D eigenvalue weighted by atomic mass is 10.1. The van der Waals surface area contributed by atoms with Crippen molar-refractivity contribution in [2.75, 3.05) is 0 Å². The Morgan fingerprint density at radius 3 is 2.57 bits per heavy atom. The van der Waals surface area contributed by atoms with E-state index in [9.17, 15) is 4.79 Å². The highest BCUT2D eigenvalue weighted by atomic mass is 35.5. The van der Waals surface area contributed by atoms with Crippen molar-refractivity contribution in [3.05, 3.63) is 82.0 Å². The van der Waals surface area contributed by atoms with Crippen LogP contribution in [0.4, 0.5) is 0 Å². The van der Waals surface area contributed by atoms with Crippen LogP contribution in [0.5, 0.6) is 0 Å². The molecule has 1 aliphatic rings. The molecule has 0 saturated heterocycles. The van der Waals surface area contributed by atoms with Gasteiger partial charge in [-0.3, -0.25) is 0 Å². The van der Waals surface area contributed by atoms with Crippen LogP contribution in [0.3, 0.4) is 0 Å². The lowest BCUT2D eigenvalue weighted by Crippen LogP contribution is -2.01. The van der Waals surface area contributed by atoms with Crippen LogP contribution in [-0.4, -0.2) is 11.9 Å². The summed E-state index contributed by atoms with van der Waals surface area (Å²) in [6, 6.07) is 15.2. The van der Waals surface area contributed by atoms with E-state index in [1.54, 1.807) is 24.3 Å². The third-order valence-corrected chi connectivity index (χ3v) is 3.52. The highest BCUT2D eigenvalue weighted by Crippen LogP contribution is 2.19. The highest BCUT2D eigenvalue weighted by Gasteiger charge is 2.21. The molecule has 0 N–H and O–H groups in total. The van der Waals surface area contributed by atoms with Crippen LogP contribution in [0.15, 0.2) is 65.3 Å². The van der Waals surface area contributed by atoms with E-state index in [4.69, 9.17) is 16.3 Å². The van der Waals surface area contributed by atoms with Crippen LogP contribution < -0.4 is 0 Å². The van der Waals surface area contributed by atoms with Gasteiger partial charge in [0.2, 0.25) is 5.90 Å². The van der Waals surface area contributed by atoms with E-state index in [2.05, 4.69) is 4.99 Å². The van der Waals surface area contributed by atoms with E-state index in [1.165, 1.54) is 5.56 Å². The summed E-state index contributed by atoms with van der Waals surface area (Å²) < 4.78 is 5.14. The Bertz CT molecular complexity index is 833. The molecule has 1 heterocycles. The number of benzene rings is 2. The van der Waals surface area contributed by atoms with Crippen molar-refractivity contribution < 1.29 is 9.53 Å². The topological polar surface area (TPSA) is 38.7 Å². The van der Waals surface area contributed by atoms with Crippen molar-refractivity contribution in [2.24, 2.45) is 4.99 Å². The van der Waals surface area contributed by atoms with E-state index in [1.807, 2.05) is 49.4 Å². The Kier molecular flexibility index (Phi) is 4.40. The van der Waals surface area contributed by atoms with Crippen LogP contribution in [0.2, 0.25) is 5.02 Å². The average molecular weight is 324 g/mol. The summed E-state index contributed by atoms with van der Waals surface area (Å²) in [5.74, 6) is -0.183. The fraction of sp³-hybridized carbons (Fsp3) is 0.0526. The first kappa shape index (κ1) is 15.3. The Morgan fingerprint density at radius 2 is 1.83 bits per heavy atom. The predicted molar refractivity (Wildman–Crippen MR) is 93.2 cm³/mol. The van der Waals surface area contributed by atoms with Crippen molar-refractivity contribution in [1.82, 2.24) is 0 Å². The zero-order valence-electron chi connectivity index (χ0n) is 12.5. The number of hydrogen-bond acceptors (Lipinski definition) is 3. The minimum atomic E-state index is -0.464. The number of carbonyl (C=O) groups excluding carboxylic acids is 1. The molecule has 0 fully saturated rings. The van der Waals surface area contributed by atoms with Gasteiger partial charge in [-0.1, -0.05) is 53.6 Å². The molecule has 0 amide bonds. The second kappa shape index (κ2) is 6.63. The molecule has 2 aromatic rings. The maximum absolute atomic E-state index is 11.9. The fourth-order valence-corrected chi connectivity index (χ4v) is 2.29. The summed E-state index contributed by atoms with van der Waals surface area (Å²) in [4.78, 5) is 16.1. The lowest BCUT2D eigenvalue weighted by Gasteiger charge is -1.95. The highest BCUT2D eigenvalue weighted by molar-refractivity contribution is 6.30. The zero-order valence-corrected chi connectivity index (χ0v) is 13.2. The van der Waals surface area contributed by atoms with Crippen molar-refractivity contribution >= 4 is 35.6 Å². The maximum atomic E-state index is 11.9. The van der Waals surface area contributed by atoms with Crippen molar-refractivity contribution in [2.45, 2.75) is 6.92 Å². The molecule has 0 radical (unpaired) electrons. The first-order valence-corrected chi connectivity index (χ1v) is 7.51. The van der Waals surface area contributed by atoms with Gasteiger partial charge in [-0.25, -0.2) is 9.79 Å². The van der Waals surface area contributed by atoms with Crippen LogP contribution in [0, 0.1) is 6.92 Å². The predicted octanol–water partition coefficient (Wildman–Crippen LogP) is 4.66. The molecule has 2 aromatic carbocycles. The molecule has 0 aliphatic carbocycles. The molecular formula is C19H14ClNO2. The normalized spacial score (nSPS) is 16.0. The summed E-state index contributed by atoms with van der Waals surface area (Å²) >= 11 is 5.93. The van der Waals surface area contributed by atoms with Crippen molar-refractivity contribution in [3.8, 4) is 0 Å². The molecule has 3 rings (SSSR count). The van der Waals surface area contributed by atoms with Gasteiger partial charge in [0.25, 0.3) is 0 Å². The third-order valence-electron chi connectivity index (χ3n) is 3.28. The van der Waals surface area contributed by atoms with Crippen molar-refractivity contribution in [3.63, 3.8) is 0 Å². The van der Waals surface area contributed by atoms with E-state index in [-0.39, 0.29) is 11.6 Å². The van der Waals surface area contributed by atoms with Gasteiger partial charge in [-0.2, -0.15) is 0 Å². The largest absolute Gasteiger partial charge is 0.403 e. The minimum absolute atomic E-state index is 0.260. The van der Waals surface area contributed by atoms with Crippen LogP contribution in [0.25, 0.3) is 12.2 Å². The number of carbonyl (C=O) groups is 1. The Labute approximate surface area is 139 Å². The fourth-order valence-electron chi connectivity index (χ4n) is 2.10. The van der Waals surface area contributed by atoms with Gasteiger partial charge in [-0.15, -0.1) is 0 Å². The van der Waals surface area contributed by atoms with Gasteiger partial charge >= 0.3 is 5.97 Å². The number of hydrogen-bond donors (Lipinski definition) is 0. The number of aliphatic imine (C=N–C) groups is 1.